The molecule has 2 saturated heterocycles. The summed E-state index contributed by atoms with van der Waals surface area (Å²) < 4.78 is 27.6. The second kappa shape index (κ2) is 24.3. The van der Waals surface area contributed by atoms with Gasteiger partial charge in [0, 0.05) is 84.8 Å². The topological polar surface area (TPSA) is 165 Å². The van der Waals surface area contributed by atoms with E-state index in [1.807, 2.05) is 24.3 Å². The van der Waals surface area contributed by atoms with E-state index in [4.69, 9.17) is 35.7 Å². The van der Waals surface area contributed by atoms with E-state index in [1.165, 1.54) is 18.1 Å². The van der Waals surface area contributed by atoms with Crippen molar-refractivity contribution in [1.82, 2.24) is 30.0 Å². The third-order valence-electron chi connectivity index (χ3n) is 9.73. The number of rotatable bonds is 9. The van der Waals surface area contributed by atoms with Gasteiger partial charge in [0.05, 0.1) is 0 Å². The number of piperazine rings is 2. The van der Waals surface area contributed by atoms with Gasteiger partial charge in [-0.1, -0.05) is 56.0 Å². The summed E-state index contributed by atoms with van der Waals surface area (Å²) in [6.45, 7) is 10.7. The maximum Gasteiger partial charge on any atom is 0.303 e. The highest BCUT2D eigenvalue weighted by atomic mass is 35.5. The van der Waals surface area contributed by atoms with Crippen LogP contribution in [-0.4, -0.2) is 126 Å². The van der Waals surface area contributed by atoms with Crippen molar-refractivity contribution in [3.8, 4) is 23.3 Å². The molecule has 0 unspecified atom stereocenters. The summed E-state index contributed by atoms with van der Waals surface area (Å²) in [5, 5.41) is 11.7. The number of aliphatic hydroxyl groups is 1. The van der Waals surface area contributed by atoms with E-state index in [9.17, 15) is 14.4 Å². The van der Waals surface area contributed by atoms with E-state index in [-0.39, 0.29) is 45.6 Å². The third kappa shape index (κ3) is 14.3. The lowest BCUT2D eigenvalue weighted by molar-refractivity contribution is -0.143. The number of benzene rings is 2. The van der Waals surface area contributed by atoms with Gasteiger partial charge in [-0.2, -0.15) is 13.5 Å². The number of carbonyl (C=O) groups excluding carboxylic acids is 3. The van der Waals surface area contributed by atoms with E-state index >= 15 is 0 Å². The van der Waals surface area contributed by atoms with Crippen LogP contribution >= 0.6 is 25.1 Å². The fraction of sp³-hybridized carbons (Fsp3) is 0.419. The van der Waals surface area contributed by atoms with Crippen molar-refractivity contribution >= 4 is 42.2 Å². The number of halogens is 1. The molecule has 324 valence electrons. The lowest BCUT2D eigenvalue weighted by atomic mass is 10.1. The van der Waals surface area contributed by atoms with Crippen LogP contribution in [0.25, 0.3) is 0 Å². The number of pyridine rings is 2. The first kappa shape index (κ1) is 47.7. The van der Waals surface area contributed by atoms with Crippen LogP contribution in [0, 0.1) is 0 Å². The highest BCUT2D eigenvalue weighted by Gasteiger charge is 2.25. The molecule has 4 aliphatic rings. The van der Waals surface area contributed by atoms with Crippen molar-refractivity contribution in [1.29, 1.82) is 0 Å². The van der Waals surface area contributed by atoms with Crippen molar-refractivity contribution in [3.05, 3.63) is 107 Å². The van der Waals surface area contributed by atoms with Crippen molar-refractivity contribution in [3.63, 3.8) is 0 Å². The van der Waals surface area contributed by atoms with Gasteiger partial charge in [0.1, 0.15) is 19.8 Å². The molecule has 0 saturated carbocycles. The van der Waals surface area contributed by atoms with Gasteiger partial charge in [-0.15, -0.1) is 0 Å². The van der Waals surface area contributed by atoms with Gasteiger partial charge >= 0.3 is 5.97 Å². The number of nitrogens with zero attached hydrogens (tertiary/aromatic N) is 5. The highest BCUT2D eigenvalue weighted by molar-refractivity contribution is 7.59. The summed E-state index contributed by atoms with van der Waals surface area (Å²) in [5.74, 6) is 1.83. The van der Waals surface area contributed by atoms with Crippen LogP contribution in [-0.2, 0) is 32.2 Å². The molecule has 0 bridgehead atoms. The van der Waals surface area contributed by atoms with Crippen molar-refractivity contribution < 1.29 is 43.2 Å². The lowest BCUT2D eigenvalue weighted by Gasteiger charge is -2.34. The molecule has 0 aliphatic carbocycles. The van der Waals surface area contributed by atoms with Gasteiger partial charge in [-0.25, -0.2) is 9.97 Å². The Hall–Kier alpha value is -4.97. The summed E-state index contributed by atoms with van der Waals surface area (Å²) in [6.07, 6.45) is 3.17. The minimum atomic E-state index is -0.666. The van der Waals surface area contributed by atoms with Crippen LogP contribution in [0.3, 0.4) is 0 Å². The minimum Gasteiger partial charge on any atom is -0.484 e. The van der Waals surface area contributed by atoms with E-state index in [2.05, 4.69) is 78.4 Å². The second-order valence-corrected chi connectivity index (χ2v) is 14.3. The summed E-state index contributed by atoms with van der Waals surface area (Å²) in [4.78, 5) is 46.2. The predicted molar refractivity (Wildman–Crippen MR) is 231 cm³/mol. The molecule has 2 aromatic carbocycles. The molecule has 0 radical (unpaired) electrons. The molecule has 2 aromatic heterocycles. The maximum absolute atomic E-state index is 11.5. The quantitative estimate of drug-likeness (QED) is 0.181. The van der Waals surface area contributed by atoms with E-state index in [0.29, 0.717) is 43.8 Å². The Balaban J connectivity index is 0.000000220. The van der Waals surface area contributed by atoms with E-state index in [0.717, 1.165) is 69.2 Å². The minimum absolute atomic E-state index is 0. The van der Waals surface area contributed by atoms with Gasteiger partial charge in [0.25, 0.3) is 17.0 Å². The average molecular weight is 867 g/mol. The van der Waals surface area contributed by atoms with Crippen LogP contribution in [0.5, 0.6) is 23.3 Å². The smallest absolute Gasteiger partial charge is 0.303 e. The van der Waals surface area contributed by atoms with Crippen molar-refractivity contribution in [2.24, 2.45) is 0 Å². The summed E-state index contributed by atoms with van der Waals surface area (Å²) in [6, 6.07) is 24.4. The first-order valence-corrected chi connectivity index (χ1v) is 19.6. The number of ether oxygens (including phenoxy) is 5. The number of hydrogen-bond acceptors (Lipinski definition) is 14. The zero-order valence-electron chi connectivity index (χ0n) is 33.0. The average Bonchev–Trinajstić information content (AvgIpc) is 3.26. The Morgan fingerprint density at radius 2 is 1.22 bits per heavy atom. The number of hydrogen-bond donors (Lipinski definition) is 2. The van der Waals surface area contributed by atoms with Gasteiger partial charge < -0.3 is 39.0 Å². The first-order valence-electron chi connectivity index (χ1n) is 19.3. The second-order valence-electron chi connectivity index (χ2n) is 13.9. The Morgan fingerprint density at radius 3 is 1.63 bits per heavy atom. The molecule has 15 nitrogen and oxygen atoms in total. The third-order valence-corrected chi connectivity index (χ3v) is 9.84. The molecule has 2 N–H and O–H groups in total. The number of esters is 1. The monoisotopic (exact) mass is 866 g/mol. The molecule has 6 heterocycles. The normalized spacial score (nSPS) is 18.1. The molecule has 60 heavy (non-hydrogen) atoms. The predicted octanol–water partition coefficient (Wildman–Crippen LogP) is 4.29. The zero-order chi connectivity index (χ0) is 40.7. The number of amides is 1. The standard InChI is InChI=1S/C20H23N3O4.C18H21N3O2.C4H5ClO3.CH4.H2S/c24-13-19(25)23-10-8-22(9-11-23)12-15-3-5-16(6-4-15)18-14-26-17-2-1-7-21-20(17)27-18;1-2-16-18(20-7-1)23-17(13-22-16)15-5-3-14(4-6-15)12-21-10-8-19-9-11-21;1-3(6)8-2-4(5)7;;/h1-7,18,24H,8-14H2;1-7,17,19H,8-13H2;2H2,1H3;1H4;1H2/t18-;17-;;;/m11.../s1. The van der Waals surface area contributed by atoms with E-state index in [1.54, 1.807) is 17.3 Å². The Labute approximate surface area is 363 Å². The number of nitrogens with one attached hydrogen (secondary N) is 1. The Kier molecular flexibility index (Phi) is 19.3. The molecule has 17 heteroatoms. The summed E-state index contributed by atoms with van der Waals surface area (Å²) in [7, 11) is 0. The summed E-state index contributed by atoms with van der Waals surface area (Å²) >= 11 is 4.81. The molecule has 4 aliphatic heterocycles. The number of fused-ring (bicyclic) bond motifs is 2. The van der Waals surface area contributed by atoms with Gasteiger partial charge in [-0.3, -0.25) is 24.2 Å². The number of carbonyl (C=O) groups is 3. The van der Waals surface area contributed by atoms with Crippen molar-refractivity contribution in [2.75, 3.05) is 78.8 Å². The van der Waals surface area contributed by atoms with Crippen LogP contribution in [0.1, 0.15) is 48.8 Å². The lowest BCUT2D eigenvalue weighted by Crippen LogP contribution is -2.49. The fourth-order valence-corrected chi connectivity index (χ4v) is 6.68. The first-order chi connectivity index (χ1) is 28.2. The largest absolute Gasteiger partial charge is 0.484 e. The zero-order valence-corrected chi connectivity index (χ0v) is 34.7. The molecular weight excluding hydrogens is 812 g/mol. The van der Waals surface area contributed by atoms with Crippen LogP contribution in [0.4, 0.5) is 0 Å². The highest BCUT2D eigenvalue weighted by Crippen LogP contribution is 2.35. The fourth-order valence-electron chi connectivity index (χ4n) is 6.62. The van der Waals surface area contributed by atoms with Crippen LogP contribution < -0.4 is 24.3 Å². The van der Waals surface area contributed by atoms with Crippen LogP contribution in [0.15, 0.2) is 85.2 Å². The van der Waals surface area contributed by atoms with E-state index < -0.39 is 17.8 Å². The summed E-state index contributed by atoms with van der Waals surface area (Å²) in [5.41, 5.74) is 4.75. The molecule has 1 amide bonds. The molecular formula is C43H55ClN6O9S. The Bertz CT molecular complexity index is 1930. The number of aliphatic hydroxyl groups excluding tert-OH is 1. The molecule has 8 rings (SSSR count). The maximum atomic E-state index is 11.5. The van der Waals surface area contributed by atoms with Gasteiger partial charge in [0.15, 0.2) is 30.3 Å². The molecule has 0 spiro atoms. The Morgan fingerprint density at radius 1 is 0.750 bits per heavy atom. The number of aromatic nitrogens is 2. The van der Waals surface area contributed by atoms with Gasteiger partial charge in [-0.05, 0) is 58.1 Å². The molecule has 2 fully saturated rings. The van der Waals surface area contributed by atoms with Crippen molar-refractivity contribution in [2.45, 2.75) is 39.6 Å². The van der Waals surface area contributed by atoms with Crippen LogP contribution in [0.2, 0.25) is 0 Å². The SMILES string of the molecule is C.CC(=O)OCC(=O)Cl.O=C(CO)N1CCN(Cc2ccc([C@H]3COc4cccnc4O3)cc2)CC1.S.c1cnc2c(c1)OC[C@H](c1ccc(CN3CCNCC3)cc1)O2. The molecule has 2 atom stereocenters. The van der Waals surface area contributed by atoms with Gasteiger partial charge in [0.2, 0.25) is 5.91 Å². The molecule has 4 aromatic rings.